The highest BCUT2D eigenvalue weighted by molar-refractivity contribution is 6.11. The van der Waals surface area contributed by atoms with Crippen LogP contribution in [0.5, 0.6) is 0 Å². The van der Waals surface area contributed by atoms with Gasteiger partial charge in [0.15, 0.2) is 0 Å². The molecule has 3 rings (SSSR count). The topological polar surface area (TPSA) is 67.4 Å². The summed E-state index contributed by atoms with van der Waals surface area (Å²) in [6.45, 7) is 2.01. The van der Waals surface area contributed by atoms with Crippen LogP contribution < -0.4 is 10.6 Å². The third-order valence-electron chi connectivity index (χ3n) is 4.08. The molecule has 2 aliphatic rings. The van der Waals surface area contributed by atoms with Gasteiger partial charge in [0.25, 0.3) is 5.91 Å². The lowest BCUT2D eigenvalue weighted by Gasteiger charge is -2.30. The summed E-state index contributed by atoms with van der Waals surface area (Å²) in [5.41, 5.74) is 2.83. The SMILES string of the molecule is COC1(/C=C2\NC(=O)NC2=O)C=C(C)C(c2ccccc2)=CC1. The molecule has 0 saturated carbocycles. The Morgan fingerprint density at radius 3 is 2.48 bits per heavy atom. The number of carbonyl (C=O) groups is 2. The maximum absolute atomic E-state index is 11.7. The number of hydrogen-bond acceptors (Lipinski definition) is 3. The predicted octanol–water partition coefficient (Wildman–Crippen LogP) is 2.53. The van der Waals surface area contributed by atoms with Gasteiger partial charge in [-0.1, -0.05) is 36.4 Å². The number of imide groups is 1. The predicted molar refractivity (Wildman–Crippen MR) is 87.3 cm³/mol. The van der Waals surface area contributed by atoms with Gasteiger partial charge in [-0.3, -0.25) is 10.1 Å². The first-order chi connectivity index (χ1) is 11.0. The molecule has 5 heteroatoms. The molecule has 1 aliphatic carbocycles. The quantitative estimate of drug-likeness (QED) is 0.666. The van der Waals surface area contributed by atoms with Crippen molar-refractivity contribution < 1.29 is 14.3 Å². The average molecular weight is 310 g/mol. The van der Waals surface area contributed by atoms with Gasteiger partial charge in [-0.25, -0.2) is 4.79 Å². The maximum atomic E-state index is 11.7. The van der Waals surface area contributed by atoms with E-state index in [0.29, 0.717) is 6.42 Å². The maximum Gasteiger partial charge on any atom is 0.326 e. The minimum Gasteiger partial charge on any atom is -0.370 e. The summed E-state index contributed by atoms with van der Waals surface area (Å²) in [6, 6.07) is 9.60. The van der Waals surface area contributed by atoms with Crippen LogP contribution in [0.1, 0.15) is 18.9 Å². The van der Waals surface area contributed by atoms with E-state index in [2.05, 4.69) is 28.8 Å². The highest BCUT2D eigenvalue weighted by Crippen LogP contribution is 2.35. The first-order valence-corrected chi connectivity index (χ1v) is 7.39. The Labute approximate surface area is 134 Å². The number of allylic oxidation sites excluding steroid dienone is 2. The monoisotopic (exact) mass is 310 g/mol. The number of methoxy groups -OCH3 is 1. The van der Waals surface area contributed by atoms with Gasteiger partial charge in [0.05, 0.1) is 0 Å². The molecule has 2 N–H and O–H groups in total. The van der Waals surface area contributed by atoms with E-state index < -0.39 is 17.5 Å². The molecule has 1 unspecified atom stereocenters. The van der Waals surface area contributed by atoms with Crippen molar-refractivity contribution in [1.29, 1.82) is 0 Å². The fourth-order valence-electron chi connectivity index (χ4n) is 2.92. The van der Waals surface area contributed by atoms with Crippen molar-refractivity contribution in [3.05, 3.63) is 65.4 Å². The number of hydrogen-bond donors (Lipinski definition) is 2. The Hall–Kier alpha value is -2.66. The fourth-order valence-corrected chi connectivity index (χ4v) is 2.92. The second-order valence-electron chi connectivity index (χ2n) is 5.64. The van der Waals surface area contributed by atoms with Gasteiger partial charge in [0.1, 0.15) is 11.3 Å². The largest absolute Gasteiger partial charge is 0.370 e. The van der Waals surface area contributed by atoms with Crippen molar-refractivity contribution in [3.63, 3.8) is 0 Å². The number of nitrogens with one attached hydrogen (secondary N) is 2. The van der Waals surface area contributed by atoms with Crippen LogP contribution in [0.15, 0.2) is 59.8 Å². The third-order valence-corrected chi connectivity index (χ3v) is 4.08. The van der Waals surface area contributed by atoms with Crippen molar-refractivity contribution in [2.75, 3.05) is 7.11 Å². The van der Waals surface area contributed by atoms with E-state index in [9.17, 15) is 9.59 Å². The summed E-state index contributed by atoms with van der Waals surface area (Å²) >= 11 is 0. The van der Waals surface area contributed by atoms with Crippen LogP contribution in [0.4, 0.5) is 4.79 Å². The van der Waals surface area contributed by atoms with Crippen LogP contribution in [0.3, 0.4) is 0 Å². The molecule has 23 heavy (non-hydrogen) atoms. The Morgan fingerprint density at radius 1 is 1.17 bits per heavy atom. The fraction of sp³-hybridized carbons (Fsp3) is 0.222. The van der Waals surface area contributed by atoms with Crippen molar-refractivity contribution in [3.8, 4) is 0 Å². The van der Waals surface area contributed by atoms with Crippen molar-refractivity contribution in [2.24, 2.45) is 0 Å². The second-order valence-corrected chi connectivity index (χ2v) is 5.64. The summed E-state index contributed by atoms with van der Waals surface area (Å²) in [5.74, 6) is -0.435. The van der Waals surface area contributed by atoms with Crippen molar-refractivity contribution in [2.45, 2.75) is 18.9 Å². The molecule has 3 amide bonds. The minimum absolute atomic E-state index is 0.220. The van der Waals surface area contributed by atoms with Gasteiger partial charge in [0.2, 0.25) is 0 Å². The summed E-state index contributed by atoms with van der Waals surface area (Å²) in [5, 5.41) is 4.69. The zero-order chi connectivity index (χ0) is 16.4. The summed E-state index contributed by atoms with van der Waals surface area (Å²) in [6.07, 6.45) is 6.33. The summed E-state index contributed by atoms with van der Waals surface area (Å²) in [7, 11) is 1.59. The van der Waals surface area contributed by atoms with E-state index in [-0.39, 0.29) is 5.70 Å². The van der Waals surface area contributed by atoms with E-state index in [1.54, 1.807) is 13.2 Å². The lowest BCUT2D eigenvalue weighted by molar-refractivity contribution is -0.115. The first-order valence-electron chi connectivity index (χ1n) is 7.39. The number of rotatable bonds is 3. The van der Waals surface area contributed by atoms with Crippen LogP contribution in [0.25, 0.3) is 5.57 Å². The zero-order valence-corrected chi connectivity index (χ0v) is 13.1. The molecule has 0 aromatic heterocycles. The number of amides is 3. The van der Waals surface area contributed by atoms with Gasteiger partial charge in [0, 0.05) is 13.5 Å². The molecule has 1 heterocycles. The molecule has 1 aromatic rings. The molecule has 1 fully saturated rings. The van der Waals surface area contributed by atoms with E-state index in [0.717, 1.165) is 16.7 Å². The molecule has 1 aromatic carbocycles. The van der Waals surface area contributed by atoms with Crippen molar-refractivity contribution in [1.82, 2.24) is 10.6 Å². The molecule has 5 nitrogen and oxygen atoms in total. The number of urea groups is 1. The zero-order valence-electron chi connectivity index (χ0n) is 13.1. The normalized spacial score (nSPS) is 25.7. The molecule has 0 bridgehead atoms. The molecule has 1 saturated heterocycles. The Kier molecular flexibility index (Phi) is 3.88. The second kappa shape index (κ2) is 5.85. The third kappa shape index (κ3) is 2.96. The standard InChI is InChI=1S/C18H18N2O3/c1-12-10-18(23-2,11-15-16(21)20-17(22)19-15)9-8-14(12)13-6-4-3-5-7-13/h3-8,10-11H,9H2,1-2H3,(H2,19,20,21,22)/b15-11-. The van der Waals surface area contributed by atoms with Crippen LogP contribution in [0, 0.1) is 0 Å². The van der Waals surface area contributed by atoms with E-state index in [1.807, 2.05) is 31.2 Å². The van der Waals surface area contributed by atoms with Crippen LogP contribution in [-0.4, -0.2) is 24.6 Å². The van der Waals surface area contributed by atoms with Crippen molar-refractivity contribution >= 4 is 17.5 Å². The van der Waals surface area contributed by atoms with Gasteiger partial charge in [-0.15, -0.1) is 0 Å². The molecular formula is C18H18N2O3. The summed E-state index contributed by atoms with van der Waals surface area (Å²) < 4.78 is 5.65. The molecule has 1 aliphatic heterocycles. The Balaban J connectivity index is 1.92. The smallest absolute Gasteiger partial charge is 0.326 e. The van der Waals surface area contributed by atoms with Gasteiger partial charge < -0.3 is 10.1 Å². The number of benzene rings is 1. The van der Waals surface area contributed by atoms with Gasteiger partial charge >= 0.3 is 6.03 Å². The van der Waals surface area contributed by atoms with Crippen LogP contribution in [-0.2, 0) is 9.53 Å². The molecule has 0 spiro atoms. The van der Waals surface area contributed by atoms with E-state index in [1.165, 1.54) is 0 Å². The van der Waals surface area contributed by atoms with Crippen LogP contribution >= 0.6 is 0 Å². The average Bonchev–Trinajstić information content (AvgIpc) is 2.85. The molecule has 0 radical (unpaired) electrons. The highest BCUT2D eigenvalue weighted by atomic mass is 16.5. The van der Waals surface area contributed by atoms with Gasteiger partial charge in [-0.05, 0) is 35.8 Å². The molecular weight excluding hydrogens is 292 g/mol. The molecule has 118 valence electrons. The van der Waals surface area contributed by atoms with E-state index in [4.69, 9.17) is 4.74 Å². The highest BCUT2D eigenvalue weighted by Gasteiger charge is 2.32. The number of carbonyl (C=O) groups excluding carboxylic acids is 2. The Morgan fingerprint density at radius 2 is 1.91 bits per heavy atom. The molecule has 1 atom stereocenters. The first kappa shape index (κ1) is 15.2. The number of ether oxygens (including phenoxy) is 1. The lowest BCUT2D eigenvalue weighted by Crippen LogP contribution is -2.30. The van der Waals surface area contributed by atoms with Gasteiger partial charge in [-0.2, -0.15) is 0 Å². The van der Waals surface area contributed by atoms with E-state index >= 15 is 0 Å². The Bertz CT molecular complexity index is 747. The lowest BCUT2D eigenvalue weighted by atomic mass is 9.84. The summed E-state index contributed by atoms with van der Waals surface area (Å²) in [4.78, 5) is 23.0. The van der Waals surface area contributed by atoms with Crippen LogP contribution in [0.2, 0.25) is 0 Å². The minimum atomic E-state index is -0.743.